The van der Waals surface area contributed by atoms with E-state index >= 15 is 0 Å². The van der Waals surface area contributed by atoms with Gasteiger partial charge in [0.25, 0.3) is 0 Å². The molecule has 0 saturated heterocycles. The minimum atomic E-state index is 0.453. The highest BCUT2D eigenvalue weighted by Crippen LogP contribution is 2.27. The van der Waals surface area contributed by atoms with E-state index in [-0.39, 0.29) is 0 Å². The van der Waals surface area contributed by atoms with Gasteiger partial charge in [0.05, 0.1) is 19.9 Å². The lowest BCUT2D eigenvalue weighted by Gasteiger charge is -2.13. The van der Waals surface area contributed by atoms with E-state index in [2.05, 4.69) is 20.6 Å². The highest BCUT2D eigenvalue weighted by molar-refractivity contribution is 5.79. The molecule has 0 fully saturated rings. The molecule has 1 aromatic heterocycles. The molecule has 0 aliphatic heterocycles. The average molecular weight is 435 g/mol. The zero-order valence-electron chi connectivity index (χ0n) is 18.8. The third-order valence-electron chi connectivity index (χ3n) is 4.87. The van der Waals surface area contributed by atoms with Crippen LogP contribution in [-0.4, -0.2) is 38.8 Å². The first-order valence-corrected chi connectivity index (χ1v) is 10.5. The van der Waals surface area contributed by atoms with Crippen LogP contribution in [0.1, 0.15) is 16.8 Å². The predicted molar refractivity (Wildman–Crippen MR) is 126 cm³/mol. The standard InChI is InChI=1S/C25H30N4O3/c1-26-25(28-15-13-19-9-12-23(30-2)24(16-19)31-3)29-17-20-7-10-22(11-8-20)32-18-21-6-4-5-14-27-21/h4-12,14,16H,13,15,17-18H2,1-3H3,(H2,26,28,29). The van der Waals surface area contributed by atoms with Gasteiger partial charge in [-0.15, -0.1) is 0 Å². The number of hydrogen-bond donors (Lipinski definition) is 2. The first kappa shape index (κ1) is 22.9. The van der Waals surface area contributed by atoms with Crippen LogP contribution in [0.4, 0.5) is 0 Å². The summed E-state index contributed by atoms with van der Waals surface area (Å²) >= 11 is 0. The fraction of sp³-hybridized carbons (Fsp3) is 0.280. The normalized spacial score (nSPS) is 11.0. The predicted octanol–water partition coefficient (Wildman–Crippen LogP) is 3.59. The van der Waals surface area contributed by atoms with Crippen molar-refractivity contribution in [3.05, 3.63) is 83.7 Å². The van der Waals surface area contributed by atoms with Crippen LogP contribution in [0.15, 0.2) is 71.9 Å². The van der Waals surface area contributed by atoms with Crippen LogP contribution in [0.3, 0.4) is 0 Å². The Balaban J connectivity index is 1.42. The van der Waals surface area contributed by atoms with Crippen LogP contribution in [0.25, 0.3) is 0 Å². The number of methoxy groups -OCH3 is 2. The fourth-order valence-corrected chi connectivity index (χ4v) is 3.11. The second-order valence-corrected chi connectivity index (χ2v) is 7.05. The number of ether oxygens (including phenoxy) is 3. The maximum Gasteiger partial charge on any atom is 0.191 e. The Kier molecular flexibility index (Phi) is 8.74. The molecule has 1 heterocycles. The Morgan fingerprint density at radius 3 is 2.38 bits per heavy atom. The summed E-state index contributed by atoms with van der Waals surface area (Å²) in [5, 5.41) is 6.67. The Labute approximate surface area is 189 Å². The summed E-state index contributed by atoms with van der Waals surface area (Å²) in [5.41, 5.74) is 3.20. The van der Waals surface area contributed by atoms with E-state index in [1.807, 2.05) is 60.7 Å². The van der Waals surface area contributed by atoms with Crippen molar-refractivity contribution in [2.45, 2.75) is 19.6 Å². The number of nitrogens with zero attached hydrogens (tertiary/aromatic N) is 2. The van der Waals surface area contributed by atoms with Gasteiger partial charge in [0.15, 0.2) is 17.5 Å². The van der Waals surface area contributed by atoms with Crippen molar-refractivity contribution < 1.29 is 14.2 Å². The molecule has 168 valence electrons. The summed E-state index contributed by atoms with van der Waals surface area (Å²) in [6.45, 7) is 1.86. The van der Waals surface area contributed by atoms with E-state index in [9.17, 15) is 0 Å². The molecule has 0 radical (unpaired) electrons. The third-order valence-corrected chi connectivity index (χ3v) is 4.87. The molecule has 32 heavy (non-hydrogen) atoms. The average Bonchev–Trinajstić information content (AvgIpc) is 2.86. The van der Waals surface area contributed by atoms with Crippen molar-refractivity contribution in [1.82, 2.24) is 15.6 Å². The highest BCUT2D eigenvalue weighted by atomic mass is 16.5. The number of rotatable bonds is 10. The molecule has 3 aromatic rings. The Bertz CT molecular complexity index is 992. The van der Waals surface area contributed by atoms with Gasteiger partial charge in [0, 0.05) is 26.3 Å². The fourth-order valence-electron chi connectivity index (χ4n) is 3.11. The molecule has 0 bridgehead atoms. The maximum absolute atomic E-state index is 5.78. The Morgan fingerprint density at radius 2 is 1.69 bits per heavy atom. The summed E-state index contributed by atoms with van der Waals surface area (Å²) < 4.78 is 16.4. The van der Waals surface area contributed by atoms with Gasteiger partial charge < -0.3 is 24.8 Å². The molecule has 2 N–H and O–H groups in total. The largest absolute Gasteiger partial charge is 0.493 e. The molecule has 7 nitrogen and oxygen atoms in total. The van der Waals surface area contributed by atoms with Crippen LogP contribution in [0.2, 0.25) is 0 Å². The van der Waals surface area contributed by atoms with Crippen molar-refractivity contribution in [2.24, 2.45) is 4.99 Å². The first-order chi connectivity index (χ1) is 15.7. The molecule has 3 rings (SSSR count). The lowest BCUT2D eigenvalue weighted by atomic mass is 10.1. The van der Waals surface area contributed by atoms with E-state index in [1.54, 1.807) is 27.5 Å². The van der Waals surface area contributed by atoms with Gasteiger partial charge in [-0.1, -0.05) is 24.3 Å². The molecule has 0 aliphatic carbocycles. The van der Waals surface area contributed by atoms with Crippen LogP contribution in [0.5, 0.6) is 17.2 Å². The van der Waals surface area contributed by atoms with Crippen LogP contribution < -0.4 is 24.8 Å². The van der Waals surface area contributed by atoms with Gasteiger partial charge in [-0.25, -0.2) is 0 Å². The Hall–Kier alpha value is -3.74. The summed E-state index contributed by atoms with van der Waals surface area (Å²) in [5.74, 6) is 3.03. The van der Waals surface area contributed by atoms with Gasteiger partial charge in [0.2, 0.25) is 0 Å². The molecule has 0 saturated carbocycles. The molecule has 0 amide bonds. The molecule has 0 aliphatic rings. The number of hydrogen-bond acceptors (Lipinski definition) is 5. The van der Waals surface area contributed by atoms with E-state index in [0.29, 0.717) is 13.2 Å². The monoisotopic (exact) mass is 434 g/mol. The molecule has 0 spiro atoms. The zero-order valence-corrected chi connectivity index (χ0v) is 18.8. The number of nitrogens with one attached hydrogen (secondary N) is 2. The maximum atomic E-state index is 5.78. The lowest BCUT2D eigenvalue weighted by Crippen LogP contribution is -2.37. The first-order valence-electron chi connectivity index (χ1n) is 10.5. The van der Waals surface area contributed by atoms with Crippen LogP contribution in [0, 0.1) is 0 Å². The van der Waals surface area contributed by atoms with E-state index in [1.165, 1.54) is 0 Å². The second kappa shape index (κ2) is 12.2. The molecule has 0 atom stereocenters. The minimum Gasteiger partial charge on any atom is -0.493 e. The van der Waals surface area contributed by atoms with Crippen LogP contribution in [-0.2, 0) is 19.6 Å². The van der Waals surface area contributed by atoms with Crippen molar-refractivity contribution in [1.29, 1.82) is 0 Å². The minimum absolute atomic E-state index is 0.453. The quantitative estimate of drug-likeness (QED) is 0.375. The van der Waals surface area contributed by atoms with Crippen LogP contribution >= 0.6 is 0 Å². The van der Waals surface area contributed by atoms with Gasteiger partial charge in [-0.2, -0.15) is 0 Å². The second-order valence-electron chi connectivity index (χ2n) is 7.05. The van der Waals surface area contributed by atoms with Crippen molar-refractivity contribution in [2.75, 3.05) is 27.8 Å². The summed E-state index contributed by atoms with van der Waals surface area (Å²) in [7, 11) is 5.04. The lowest BCUT2D eigenvalue weighted by molar-refractivity contribution is 0.301. The summed E-state index contributed by atoms with van der Waals surface area (Å²) in [6, 6.07) is 19.8. The van der Waals surface area contributed by atoms with Gasteiger partial charge in [0.1, 0.15) is 12.4 Å². The zero-order chi connectivity index (χ0) is 22.6. The number of pyridine rings is 1. The molecule has 0 unspecified atom stereocenters. The molecular weight excluding hydrogens is 404 g/mol. The number of guanidine groups is 1. The number of aromatic nitrogens is 1. The number of aliphatic imine (C=N–C) groups is 1. The topological polar surface area (TPSA) is 77.0 Å². The van der Waals surface area contributed by atoms with Crippen molar-refractivity contribution in [3.8, 4) is 17.2 Å². The van der Waals surface area contributed by atoms with Gasteiger partial charge in [-0.05, 0) is 53.9 Å². The summed E-state index contributed by atoms with van der Waals surface area (Å²) in [6.07, 6.45) is 2.60. The molecule has 2 aromatic carbocycles. The molecular formula is C25H30N4O3. The highest BCUT2D eigenvalue weighted by Gasteiger charge is 2.05. The van der Waals surface area contributed by atoms with E-state index < -0.39 is 0 Å². The number of benzene rings is 2. The molecule has 7 heteroatoms. The van der Waals surface area contributed by atoms with Crippen molar-refractivity contribution in [3.63, 3.8) is 0 Å². The van der Waals surface area contributed by atoms with Gasteiger partial charge >= 0.3 is 0 Å². The third kappa shape index (κ3) is 6.91. The van der Waals surface area contributed by atoms with Crippen molar-refractivity contribution >= 4 is 5.96 Å². The summed E-state index contributed by atoms with van der Waals surface area (Å²) in [4.78, 5) is 8.56. The van der Waals surface area contributed by atoms with E-state index in [0.717, 1.165) is 53.0 Å². The smallest absolute Gasteiger partial charge is 0.191 e. The van der Waals surface area contributed by atoms with Gasteiger partial charge in [-0.3, -0.25) is 9.98 Å². The Morgan fingerprint density at radius 1 is 0.906 bits per heavy atom. The van der Waals surface area contributed by atoms with E-state index in [4.69, 9.17) is 14.2 Å². The SMILES string of the molecule is CN=C(NCCc1ccc(OC)c(OC)c1)NCc1ccc(OCc2ccccn2)cc1.